The highest BCUT2D eigenvalue weighted by atomic mass is 35.5. The summed E-state index contributed by atoms with van der Waals surface area (Å²) in [5, 5.41) is 10.3. The minimum absolute atomic E-state index is 0.0487. The lowest BCUT2D eigenvalue weighted by molar-refractivity contribution is 0.172. The molecule has 2 aromatic rings. The zero-order valence-corrected chi connectivity index (χ0v) is 10.5. The maximum atomic E-state index is 9.66. The third kappa shape index (κ3) is 1.74. The summed E-state index contributed by atoms with van der Waals surface area (Å²) in [6, 6.07) is 17.4. The van der Waals surface area contributed by atoms with Gasteiger partial charge in [0.15, 0.2) is 0 Å². The van der Waals surface area contributed by atoms with E-state index in [1.54, 1.807) is 0 Å². The van der Waals surface area contributed by atoms with Crippen LogP contribution >= 0.6 is 11.6 Å². The number of rotatable bonds is 3. The fraction of sp³-hybridized carbons (Fsp3) is 0.200. The molecule has 3 heteroatoms. The van der Waals surface area contributed by atoms with E-state index < -0.39 is 5.60 Å². The van der Waals surface area contributed by atoms with Gasteiger partial charge in [-0.25, -0.2) is 0 Å². The lowest BCUT2D eigenvalue weighted by Crippen LogP contribution is -2.15. The Kier molecular flexibility index (Phi) is 2.86. The highest BCUT2D eigenvalue weighted by Crippen LogP contribution is 2.57. The molecule has 2 aromatic carbocycles. The summed E-state index contributed by atoms with van der Waals surface area (Å²) < 4.78 is 5.77. The van der Waals surface area contributed by atoms with Gasteiger partial charge < -0.3 is 9.84 Å². The van der Waals surface area contributed by atoms with Crippen molar-refractivity contribution in [2.75, 3.05) is 6.61 Å². The van der Waals surface area contributed by atoms with Crippen molar-refractivity contribution in [2.24, 2.45) is 0 Å². The maximum Gasteiger partial charge on any atom is 0.147 e. The molecule has 1 heterocycles. The first-order chi connectivity index (χ1) is 8.78. The molecule has 0 bridgehead atoms. The van der Waals surface area contributed by atoms with Crippen molar-refractivity contribution in [1.29, 1.82) is 0 Å². The van der Waals surface area contributed by atoms with E-state index in [0.717, 1.165) is 11.1 Å². The van der Waals surface area contributed by atoms with Crippen LogP contribution in [-0.4, -0.2) is 11.7 Å². The highest BCUT2D eigenvalue weighted by Gasteiger charge is 2.58. The Balaban J connectivity index is 1.97. The van der Waals surface area contributed by atoms with Crippen LogP contribution in [0.5, 0.6) is 0 Å². The average molecular weight is 261 g/mol. The van der Waals surface area contributed by atoms with Gasteiger partial charge in [0, 0.05) is 10.6 Å². The molecule has 0 aromatic heterocycles. The fourth-order valence-electron chi connectivity index (χ4n) is 2.33. The molecule has 0 saturated carbocycles. The zero-order valence-electron chi connectivity index (χ0n) is 9.71. The Bertz CT molecular complexity index is 555. The lowest BCUT2D eigenvalue weighted by Gasteiger charge is -2.10. The minimum Gasteiger partial charge on any atom is -0.393 e. The van der Waals surface area contributed by atoms with Gasteiger partial charge >= 0.3 is 0 Å². The standard InChI is InChI=1S/C15H13ClO2/c16-13-9-5-4-8-12(13)14-15(10-17,18-14)11-6-2-1-3-7-11/h1-9,14,17H,10H2. The van der Waals surface area contributed by atoms with E-state index in [2.05, 4.69) is 0 Å². The summed E-state index contributed by atoms with van der Waals surface area (Å²) in [4.78, 5) is 0. The molecule has 2 nitrogen and oxygen atoms in total. The Morgan fingerprint density at radius 2 is 1.72 bits per heavy atom. The van der Waals surface area contributed by atoms with Gasteiger partial charge in [-0.2, -0.15) is 0 Å². The molecule has 2 atom stereocenters. The second-order valence-corrected chi connectivity index (χ2v) is 4.84. The first-order valence-electron chi connectivity index (χ1n) is 5.86. The van der Waals surface area contributed by atoms with Gasteiger partial charge in [-0.05, 0) is 11.6 Å². The van der Waals surface area contributed by atoms with Crippen LogP contribution in [0.3, 0.4) is 0 Å². The summed E-state index contributed by atoms with van der Waals surface area (Å²) in [5.74, 6) is 0. The average Bonchev–Trinajstić information content (AvgIpc) is 3.16. The van der Waals surface area contributed by atoms with Crippen LogP contribution in [0, 0.1) is 0 Å². The molecule has 1 aliphatic rings. The van der Waals surface area contributed by atoms with E-state index in [1.165, 1.54) is 0 Å². The van der Waals surface area contributed by atoms with Crippen molar-refractivity contribution in [3.8, 4) is 0 Å². The van der Waals surface area contributed by atoms with Crippen molar-refractivity contribution >= 4 is 11.6 Å². The second-order valence-electron chi connectivity index (χ2n) is 4.43. The summed E-state index contributed by atoms with van der Waals surface area (Å²) in [5.41, 5.74) is 1.28. The minimum atomic E-state index is -0.633. The first kappa shape index (κ1) is 11.7. The lowest BCUT2D eigenvalue weighted by atomic mass is 9.92. The molecule has 92 valence electrons. The molecule has 0 radical (unpaired) electrons. The first-order valence-corrected chi connectivity index (χ1v) is 6.24. The molecule has 1 saturated heterocycles. The predicted octanol–water partition coefficient (Wildman–Crippen LogP) is 3.30. The molecule has 1 fully saturated rings. The molecule has 1 aliphatic heterocycles. The number of ether oxygens (including phenoxy) is 1. The van der Waals surface area contributed by atoms with Crippen molar-refractivity contribution < 1.29 is 9.84 Å². The van der Waals surface area contributed by atoms with E-state index in [0.29, 0.717) is 5.02 Å². The second kappa shape index (κ2) is 4.39. The number of aliphatic hydroxyl groups excluding tert-OH is 1. The normalized spacial score (nSPS) is 26.0. The van der Waals surface area contributed by atoms with Crippen molar-refractivity contribution in [2.45, 2.75) is 11.7 Å². The third-order valence-corrected chi connectivity index (χ3v) is 3.72. The molecule has 0 amide bonds. The summed E-state index contributed by atoms with van der Waals surface area (Å²) in [6.07, 6.45) is -0.168. The molecular weight excluding hydrogens is 248 g/mol. The number of hydrogen-bond donors (Lipinski definition) is 1. The summed E-state index contributed by atoms with van der Waals surface area (Å²) in [7, 11) is 0. The topological polar surface area (TPSA) is 32.8 Å². The maximum absolute atomic E-state index is 9.66. The van der Waals surface area contributed by atoms with Crippen LogP contribution in [0.2, 0.25) is 5.02 Å². The Morgan fingerprint density at radius 1 is 1.06 bits per heavy atom. The van der Waals surface area contributed by atoms with Crippen LogP contribution in [0.1, 0.15) is 17.2 Å². The number of benzene rings is 2. The van der Waals surface area contributed by atoms with Crippen LogP contribution in [-0.2, 0) is 10.3 Å². The Morgan fingerprint density at radius 3 is 2.39 bits per heavy atom. The SMILES string of the molecule is OCC1(c2ccccc2)OC1c1ccccc1Cl. The fourth-order valence-corrected chi connectivity index (χ4v) is 2.56. The van der Waals surface area contributed by atoms with Gasteiger partial charge in [0.05, 0.1) is 6.61 Å². The van der Waals surface area contributed by atoms with Gasteiger partial charge in [0.25, 0.3) is 0 Å². The van der Waals surface area contributed by atoms with Gasteiger partial charge in [-0.1, -0.05) is 60.1 Å². The van der Waals surface area contributed by atoms with Gasteiger partial charge in [0.2, 0.25) is 0 Å². The number of halogens is 1. The monoisotopic (exact) mass is 260 g/mol. The van der Waals surface area contributed by atoms with Crippen LogP contribution in [0.4, 0.5) is 0 Å². The van der Waals surface area contributed by atoms with E-state index in [-0.39, 0.29) is 12.7 Å². The zero-order chi connectivity index (χ0) is 12.6. The van der Waals surface area contributed by atoms with Crippen LogP contribution in [0.15, 0.2) is 54.6 Å². The van der Waals surface area contributed by atoms with Crippen molar-refractivity contribution in [3.63, 3.8) is 0 Å². The molecule has 3 rings (SSSR count). The van der Waals surface area contributed by atoms with Crippen LogP contribution in [0.25, 0.3) is 0 Å². The Labute approximate surface area is 111 Å². The van der Waals surface area contributed by atoms with E-state index >= 15 is 0 Å². The molecule has 0 spiro atoms. The predicted molar refractivity (Wildman–Crippen MR) is 70.5 cm³/mol. The van der Waals surface area contributed by atoms with E-state index in [1.807, 2.05) is 54.6 Å². The molecule has 2 unspecified atom stereocenters. The number of hydrogen-bond acceptors (Lipinski definition) is 2. The third-order valence-electron chi connectivity index (χ3n) is 3.38. The highest BCUT2D eigenvalue weighted by molar-refractivity contribution is 6.31. The van der Waals surface area contributed by atoms with E-state index in [4.69, 9.17) is 16.3 Å². The molecule has 1 N–H and O–H groups in total. The quantitative estimate of drug-likeness (QED) is 0.859. The van der Waals surface area contributed by atoms with Crippen molar-refractivity contribution in [1.82, 2.24) is 0 Å². The molecular formula is C15H13ClO2. The summed E-state index contributed by atoms with van der Waals surface area (Å²) >= 11 is 6.17. The molecule has 0 aliphatic carbocycles. The van der Waals surface area contributed by atoms with Crippen molar-refractivity contribution in [3.05, 3.63) is 70.7 Å². The Hall–Kier alpha value is -1.35. The van der Waals surface area contributed by atoms with Gasteiger partial charge in [-0.3, -0.25) is 0 Å². The smallest absolute Gasteiger partial charge is 0.147 e. The molecule has 18 heavy (non-hydrogen) atoms. The summed E-state index contributed by atoms with van der Waals surface area (Å²) in [6.45, 7) is -0.0487. The number of epoxide rings is 1. The van der Waals surface area contributed by atoms with Gasteiger partial charge in [0.1, 0.15) is 11.7 Å². The van der Waals surface area contributed by atoms with Gasteiger partial charge in [-0.15, -0.1) is 0 Å². The largest absolute Gasteiger partial charge is 0.393 e. The number of aliphatic hydroxyl groups is 1. The van der Waals surface area contributed by atoms with Crippen LogP contribution < -0.4 is 0 Å². The van der Waals surface area contributed by atoms with E-state index in [9.17, 15) is 5.11 Å².